The normalized spacial score (nSPS) is 15.3. The molecule has 0 radical (unpaired) electrons. The van der Waals surface area contributed by atoms with Crippen molar-refractivity contribution in [2.45, 2.75) is 6.42 Å². The number of hydrogen-bond acceptors (Lipinski definition) is 4. The molecule has 5 heteroatoms. The Labute approximate surface area is 123 Å². The molecule has 1 fully saturated rings. The predicted octanol–water partition coefficient (Wildman–Crippen LogP) is 2.13. The van der Waals surface area contributed by atoms with Gasteiger partial charge >= 0.3 is 0 Å². The lowest BCUT2D eigenvalue weighted by atomic mass is 10.1. The highest BCUT2D eigenvalue weighted by atomic mass is 35.5. The summed E-state index contributed by atoms with van der Waals surface area (Å²) in [6, 6.07) is 7.89. The van der Waals surface area contributed by atoms with Crippen LogP contribution < -0.4 is 10.2 Å². The highest BCUT2D eigenvalue weighted by Crippen LogP contribution is 2.15. The van der Waals surface area contributed by atoms with Gasteiger partial charge in [0.1, 0.15) is 0 Å². The number of rotatable bonds is 3. The number of aromatic nitrogens is 2. The molecule has 104 valence electrons. The van der Waals surface area contributed by atoms with E-state index in [2.05, 4.69) is 26.3 Å². The minimum atomic E-state index is 0.765. The van der Waals surface area contributed by atoms with Crippen molar-refractivity contribution in [1.82, 2.24) is 15.3 Å². The fraction of sp³-hybridized carbons (Fsp3) is 0.333. The lowest BCUT2D eigenvalue weighted by Crippen LogP contribution is -2.44. The second kappa shape index (κ2) is 6.20. The smallest absolute Gasteiger partial charge is 0.225 e. The van der Waals surface area contributed by atoms with Gasteiger partial charge in [-0.15, -0.1) is 0 Å². The molecule has 0 unspecified atom stereocenters. The average molecular weight is 289 g/mol. The van der Waals surface area contributed by atoms with Gasteiger partial charge in [-0.3, -0.25) is 0 Å². The molecule has 0 spiro atoms. The molecule has 1 aliphatic heterocycles. The third kappa shape index (κ3) is 3.26. The molecule has 1 aliphatic rings. The number of nitrogens with zero attached hydrogens (tertiary/aromatic N) is 3. The fourth-order valence-electron chi connectivity index (χ4n) is 2.35. The van der Waals surface area contributed by atoms with Crippen LogP contribution in [0.3, 0.4) is 0 Å². The number of nitrogens with one attached hydrogen (secondary N) is 1. The Bertz CT molecular complexity index is 564. The summed E-state index contributed by atoms with van der Waals surface area (Å²) in [6.07, 6.45) is 4.62. The van der Waals surface area contributed by atoms with Crippen LogP contribution in [-0.4, -0.2) is 36.1 Å². The maximum atomic E-state index is 5.99. The van der Waals surface area contributed by atoms with E-state index in [1.807, 2.05) is 30.6 Å². The first-order valence-electron chi connectivity index (χ1n) is 6.82. The molecule has 0 saturated carbocycles. The number of benzene rings is 1. The first-order valence-corrected chi connectivity index (χ1v) is 7.20. The fourth-order valence-corrected chi connectivity index (χ4v) is 2.56. The van der Waals surface area contributed by atoms with E-state index in [-0.39, 0.29) is 0 Å². The van der Waals surface area contributed by atoms with E-state index in [0.717, 1.165) is 49.1 Å². The van der Waals surface area contributed by atoms with Crippen molar-refractivity contribution in [2.75, 3.05) is 31.1 Å². The van der Waals surface area contributed by atoms with Crippen LogP contribution in [0.4, 0.5) is 5.95 Å². The Balaban J connectivity index is 1.69. The summed E-state index contributed by atoms with van der Waals surface area (Å²) in [4.78, 5) is 11.2. The minimum Gasteiger partial charge on any atom is -0.338 e. The summed E-state index contributed by atoms with van der Waals surface area (Å²) >= 11 is 5.99. The molecule has 1 N–H and O–H groups in total. The maximum absolute atomic E-state index is 5.99. The molecular weight excluding hydrogens is 272 g/mol. The zero-order chi connectivity index (χ0) is 13.8. The topological polar surface area (TPSA) is 41.1 Å². The highest BCUT2D eigenvalue weighted by Gasteiger charge is 2.12. The molecule has 0 bridgehead atoms. The first kappa shape index (κ1) is 13.3. The molecule has 20 heavy (non-hydrogen) atoms. The number of anilines is 1. The molecule has 4 nitrogen and oxygen atoms in total. The quantitative estimate of drug-likeness (QED) is 0.939. The van der Waals surface area contributed by atoms with Gasteiger partial charge in [0.2, 0.25) is 5.95 Å². The zero-order valence-electron chi connectivity index (χ0n) is 11.2. The van der Waals surface area contributed by atoms with Crippen LogP contribution in [-0.2, 0) is 6.42 Å². The van der Waals surface area contributed by atoms with Crippen molar-refractivity contribution in [3.05, 3.63) is 52.8 Å². The summed E-state index contributed by atoms with van der Waals surface area (Å²) in [5, 5.41) is 4.09. The molecule has 0 amide bonds. The van der Waals surface area contributed by atoms with Crippen molar-refractivity contribution < 1.29 is 0 Å². The third-order valence-corrected chi connectivity index (χ3v) is 3.62. The van der Waals surface area contributed by atoms with E-state index in [9.17, 15) is 0 Å². The Hall–Kier alpha value is -1.65. The second-order valence-corrected chi connectivity index (χ2v) is 5.37. The van der Waals surface area contributed by atoms with Gasteiger partial charge in [-0.2, -0.15) is 0 Å². The molecule has 1 aromatic carbocycles. The molecular formula is C15H17ClN4. The minimum absolute atomic E-state index is 0.765. The van der Waals surface area contributed by atoms with Crippen LogP contribution in [0.1, 0.15) is 11.1 Å². The summed E-state index contributed by atoms with van der Waals surface area (Å²) in [6.45, 7) is 3.92. The van der Waals surface area contributed by atoms with E-state index in [1.165, 1.54) is 5.56 Å². The SMILES string of the molecule is Clc1cccc(Cc2cnc(N3CCNCC3)nc2)c1. The molecule has 0 atom stereocenters. The van der Waals surface area contributed by atoms with Gasteiger partial charge in [0.05, 0.1) is 0 Å². The van der Waals surface area contributed by atoms with E-state index < -0.39 is 0 Å². The van der Waals surface area contributed by atoms with Gasteiger partial charge in [-0.25, -0.2) is 9.97 Å². The first-order chi connectivity index (χ1) is 9.81. The van der Waals surface area contributed by atoms with Gasteiger partial charge in [0, 0.05) is 50.0 Å². The third-order valence-electron chi connectivity index (χ3n) is 3.39. The summed E-state index contributed by atoms with van der Waals surface area (Å²) in [5.74, 6) is 0.821. The zero-order valence-corrected chi connectivity index (χ0v) is 12.0. The molecule has 2 aromatic rings. The molecule has 2 heterocycles. The van der Waals surface area contributed by atoms with Gasteiger partial charge in [-0.1, -0.05) is 23.7 Å². The Morgan fingerprint density at radius 3 is 2.55 bits per heavy atom. The van der Waals surface area contributed by atoms with Crippen LogP contribution >= 0.6 is 11.6 Å². The van der Waals surface area contributed by atoms with Crippen molar-refractivity contribution in [3.8, 4) is 0 Å². The predicted molar refractivity (Wildman–Crippen MR) is 81.4 cm³/mol. The Morgan fingerprint density at radius 2 is 1.85 bits per heavy atom. The number of hydrogen-bond donors (Lipinski definition) is 1. The van der Waals surface area contributed by atoms with E-state index >= 15 is 0 Å². The van der Waals surface area contributed by atoms with Crippen molar-refractivity contribution >= 4 is 17.5 Å². The maximum Gasteiger partial charge on any atom is 0.225 e. The van der Waals surface area contributed by atoms with Crippen molar-refractivity contribution in [2.24, 2.45) is 0 Å². The highest BCUT2D eigenvalue weighted by molar-refractivity contribution is 6.30. The van der Waals surface area contributed by atoms with Gasteiger partial charge in [-0.05, 0) is 23.3 Å². The summed E-state index contributed by atoms with van der Waals surface area (Å²) in [5.41, 5.74) is 2.28. The van der Waals surface area contributed by atoms with Gasteiger partial charge in [0.15, 0.2) is 0 Å². The second-order valence-electron chi connectivity index (χ2n) is 4.94. The standard InChI is InChI=1S/C15H17ClN4/c16-14-3-1-2-12(9-14)8-13-10-18-15(19-11-13)20-6-4-17-5-7-20/h1-3,9-11,17H,4-8H2. The number of piperazine rings is 1. The van der Waals surface area contributed by atoms with Crippen LogP contribution in [0.15, 0.2) is 36.7 Å². The van der Waals surface area contributed by atoms with Crippen LogP contribution in [0.5, 0.6) is 0 Å². The van der Waals surface area contributed by atoms with Crippen molar-refractivity contribution in [3.63, 3.8) is 0 Å². The largest absolute Gasteiger partial charge is 0.338 e. The van der Waals surface area contributed by atoms with Crippen LogP contribution in [0.2, 0.25) is 5.02 Å². The molecule has 1 aromatic heterocycles. The lowest BCUT2D eigenvalue weighted by molar-refractivity contribution is 0.579. The Kier molecular flexibility index (Phi) is 4.14. The van der Waals surface area contributed by atoms with Gasteiger partial charge < -0.3 is 10.2 Å². The monoisotopic (exact) mass is 288 g/mol. The van der Waals surface area contributed by atoms with E-state index in [4.69, 9.17) is 11.6 Å². The van der Waals surface area contributed by atoms with Gasteiger partial charge in [0.25, 0.3) is 0 Å². The van der Waals surface area contributed by atoms with E-state index in [1.54, 1.807) is 0 Å². The molecule has 3 rings (SSSR count). The van der Waals surface area contributed by atoms with Crippen molar-refractivity contribution in [1.29, 1.82) is 0 Å². The Morgan fingerprint density at radius 1 is 1.10 bits per heavy atom. The summed E-state index contributed by atoms with van der Waals surface area (Å²) < 4.78 is 0. The lowest BCUT2D eigenvalue weighted by Gasteiger charge is -2.27. The average Bonchev–Trinajstić information content (AvgIpc) is 2.49. The van der Waals surface area contributed by atoms with Crippen LogP contribution in [0, 0.1) is 0 Å². The summed E-state index contributed by atoms with van der Waals surface area (Å²) in [7, 11) is 0. The molecule has 1 saturated heterocycles. The molecule has 0 aliphatic carbocycles. The van der Waals surface area contributed by atoms with Crippen LogP contribution in [0.25, 0.3) is 0 Å². The van der Waals surface area contributed by atoms with E-state index in [0.29, 0.717) is 0 Å². The number of halogens is 1.